The molecule has 26 heavy (non-hydrogen) atoms. The summed E-state index contributed by atoms with van der Waals surface area (Å²) in [5, 5.41) is 9.47. The van der Waals surface area contributed by atoms with Gasteiger partial charge in [-0.2, -0.15) is 5.10 Å². The van der Waals surface area contributed by atoms with Crippen LogP contribution in [0.5, 0.6) is 0 Å². The second-order valence-electron chi connectivity index (χ2n) is 6.36. The van der Waals surface area contributed by atoms with Gasteiger partial charge in [0.2, 0.25) is 0 Å². The molecule has 0 aliphatic carbocycles. The van der Waals surface area contributed by atoms with Crippen LogP contribution in [0.1, 0.15) is 28.9 Å². The number of nitrogens with zero attached hydrogens (tertiary/aromatic N) is 3. The van der Waals surface area contributed by atoms with Gasteiger partial charge in [0.05, 0.1) is 12.2 Å². The van der Waals surface area contributed by atoms with Crippen molar-refractivity contribution in [3.63, 3.8) is 0 Å². The molecule has 2 heterocycles. The van der Waals surface area contributed by atoms with Crippen LogP contribution in [-0.4, -0.2) is 26.5 Å². The minimum absolute atomic E-state index is 0.242. The number of carbonyl (C=O) groups excluding carboxylic acids is 1. The Kier molecular flexibility index (Phi) is 4.10. The number of aromatic nitrogens is 3. The maximum atomic E-state index is 12.8. The highest BCUT2D eigenvalue weighted by Crippen LogP contribution is 2.23. The van der Waals surface area contributed by atoms with Crippen LogP contribution in [0.25, 0.3) is 16.4 Å². The molecule has 3 N–H and O–H groups in total. The molecular formula is C20H19N5O. The first-order valence-corrected chi connectivity index (χ1v) is 8.47. The first kappa shape index (κ1) is 16.2. The molecule has 2 atom stereocenters. The van der Waals surface area contributed by atoms with E-state index in [-0.39, 0.29) is 18.0 Å². The van der Waals surface area contributed by atoms with Crippen molar-refractivity contribution < 1.29 is 4.79 Å². The lowest BCUT2D eigenvalue weighted by atomic mass is 9.97. The molecule has 130 valence electrons. The number of amides is 1. The van der Waals surface area contributed by atoms with E-state index in [1.807, 2.05) is 37.3 Å². The minimum Gasteiger partial charge on any atom is -0.344 e. The Bertz CT molecular complexity index is 1090. The van der Waals surface area contributed by atoms with Crippen LogP contribution in [0.3, 0.4) is 0 Å². The van der Waals surface area contributed by atoms with E-state index in [0.717, 1.165) is 16.3 Å². The summed E-state index contributed by atoms with van der Waals surface area (Å²) in [6.45, 7) is 1.88. The Morgan fingerprint density at radius 3 is 2.77 bits per heavy atom. The van der Waals surface area contributed by atoms with Crippen molar-refractivity contribution in [1.82, 2.24) is 19.9 Å². The second kappa shape index (κ2) is 6.57. The fourth-order valence-corrected chi connectivity index (χ4v) is 3.13. The van der Waals surface area contributed by atoms with Crippen molar-refractivity contribution in [1.29, 1.82) is 0 Å². The van der Waals surface area contributed by atoms with Gasteiger partial charge in [-0.1, -0.05) is 36.4 Å². The summed E-state index contributed by atoms with van der Waals surface area (Å²) in [4.78, 5) is 17.0. The maximum absolute atomic E-state index is 12.8. The Balaban J connectivity index is 1.67. The standard InChI is InChI=1S/C20H19N5O/c1-13(21)18(16-8-7-14-5-2-3-6-15(14)11-16)24-20(26)17-12-23-25-10-4-9-22-19(17)25/h2-13,18H,21H2,1H3,(H,24,26). The van der Waals surface area contributed by atoms with Crippen LogP contribution in [0.2, 0.25) is 0 Å². The van der Waals surface area contributed by atoms with Gasteiger partial charge in [0.1, 0.15) is 5.56 Å². The Labute approximate surface area is 150 Å². The molecular weight excluding hydrogens is 326 g/mol. The van der Waals surface area contributed by atoms with Gasteiger partial charge in [0.15, 0.2) is 5.65 Å². The van der Waals surface area contributed by atoms with E-state index in [0.29, 0.717) is 11.2 Å². The van der Waals surface area contributed by atoms with Gasteiger partial charge in [-0.3, -0.25) is 4.79 Å². The van der Waals surface area contributed by atoms with Crippen LogP contribution in [-0.2, 0) is 0 Å². The van der Waals surface area contributed by atoms with Crippen molar-refractivity contribution >= 4 is 22.3 Å². The van der Waals surface area contributed by atoms with Crippen molar-refractivity contribution in [3.8, 4) is 0 Å². The fraction of sp³-hybridized carbons (Fsp3) is 0.150. The minimum atomic E-state index is -0.314. The largest absolute Gasteiger partial charge is 0.344 e. The molecule has 6 nitrogen and oxygen atoms in total. The molecule has 0 saturated carbocycles. The third kappa shape index (κ3) is 2.91. The molecule has 0 aliphatic heterocycles. The number of fused-ring (bicyclic) bond motifs is 2. The highest BCUT2D eigenvalue weighted by Gasteiger charge is 2.22. The summed E-state index contributed by atoms with van der Waals surface area (Å²) in [6, 6.07) is 15.4. The van der Waals surface area contributed by atoms with E-state index in [4.69, 9.17) is 5.73 Å². The summed E-state index contributed by atoms with van der Waals surface area (Å²) in [5.74, 6) is -0.242. The van der Waals surface area contributed by atoms with Crippen LogP contribution in [0.4, 0.5) is 0 Å². The zero-order chi connectivity index (χ0) is 18.1. The molecule has 0 fully saturated rings. The fourth-order valence-electron chi connectivity index (χ4n) is 3.13. The highest BCUT2D eigenvalue weighted by atomic mass is 16.1. The summed E-state index contributed by atoms with van der Waals surface area (Å²) in [7, 11) is 0. The van der Waals surface area contributed by atoms with E-state index < -0.39 is 0 Å². The number of carbonyl (C=O) groups is 1. The van der Waals surface area contributed by atoms with Crippen LogP contribution in [0.15, 0.2) is 67.1 Å². The molecule has 2 unspecified atom stereocenters. The van der Waals surface area contributed by atoms with Crippen LogP contribution < -0.4 is 11.1 Å². The zero-order valence-corrected chi connectivity index (χ0v) is 14.3. The summed E-state index contributed by atoms with van der Waals surface area (Å²) >= 11 is 0. The highest BCUT2D eigenvalue weighted by molar-refractivity contribution is 5.99. The quantitative estimate of drug-likeness (QED) is 0.595. The third-order valence-electron chi connectivity index (χ3n) is 4.47. The lowest BCUT2D eigenvalue weighted by Gasteiger charge is -2.23. The number of nitrogens with two attached hydrogens (primary N) is 1. The topological polar surface area (TPSA) is 85.3 Å². The van der Waals surface area contributed by atoms with Gasteiger partial charge < -0.3 is 11.1 Å². The van der Waals surface area contributed by atoms with Gasteiger partial charge >= 0.3 is 0 Å². The molecule has 4 aromatic rings. The molecule has 0 spiro atoms. The first-order chi connectivity index (χ1) is 12.6. The van der Waals surface area contributed by atoms with E-state index in [9.17, 15) is 4.79 Å². The number of nitrogens with one attached hydrogen (secondary N) is 1. The molecule has 2 aromatic carbocycles. The maximum Gasteiger partial charge on any atom is 0.257 e. The van der Waals surface area contributed by atoms with Gasteiger partial charge in [0, 0.05) is 18.4 Å². The molecule has 1 amide bonds. The van der Waals surface area contributed by atoms with Crippen molar-refractivity contribution in [3.05, 3.63) is 78.2 Å². The van der Waals surface area contributed by atoms with E-state index >= 15 is 0 Å². The third-order valence-corrected chi connectivity index (χ3v) is 4.47. The normalized spacial score (nSPS) is 13.6. The van der Waals surface area contributed by atoms with Crippen molar-refractivity contribution in [2.24, 2.45) is 5.73 Å². The van der Waals surface area contributed by atoms with E-state index in [1.54, 1.807) is 23.0 Å². The first-order valence-electron chi connectivity index (χ1n) is 8.47. The summed E-state index contributed by atoms with van der Waals surface area (Å²) < 4.78 is 1.58. The predicted molar refractivity (Wildman–Crippen MR) is 101 cm³/mol. The molecule has 4 rings (SSSR count). The molecule has 0 saturated heterocycles. The molecule has 0 aliphatic rings. The molecule has 6 heteroatoms. The lowest BCUT2D eigenvalue weighted by Crippen LogP contribution is -2.39. The predicted octanol–water partition coefficient (Wildman–Crippen LogP) is 2.70. The number of benzene rings is 2. The number of hydrogen-bond donors (Lipinski definition) is 2. The smallest absolute Gasteiger partial charge is 0.257 e. The molecule has 0 radical (unpaired) electrons. The van der Waals surface area contributed by atoms with E-state index in [2.05, 4.69) is 27.5 Å². The Morgan fingerprint density at radius 2 is 1.96 bits per heavy atom. The Morgan fingerprint density at radius 1 is 1.15 bits per heavy atom. The van der Waals surface area contributed by atoms with Crippen LogP contribution in [0, 0.1) is 0 Å². The zero-order valence-electron chi connectivity index (χ0n) is 14.3. The van der Waals surface area contributed by atoms with Crippen molar-refractivity contribution in [2.45, 2.75) is 19.0 Å². The average Bonchev–Trinajstić information content (AvgIpc) is 3.09. The van der Waals surface area contributed by atoms with Gasteiger partial charge in [-0.15, -0.1) is 0 Å². The second-order valence-corrected chi connectivity index (χ2v) is 6.36. The molecule has 2 aromatic heterocycles. The Hall–Kier alpha value is -3.25. The number of hydrogen-bond acceptors (Lipinski definition) is 4. The lowest BCUT2D eigenvalue weighted by molar-refractivity contribution is 0.0933. The summed E-state index contributed by atoms with van der Waals surface area (Å²) in [6.07, 6.45) is 4.92. The van der Waals surface area contributed by atoms with E-state index in [1.165, 1.54) is 6.20 Å². The SMILES string of the molecule is CC(N)C(NC(=O)c1cnn2cccnc12)c1ccc2ccccc2c1. The monoisotopic (exact) mass is 345 g/mol. The van der Waals surface area contributed by atoms with Gasteiger partial charge in [-0.05, 0) is 35.4 Å². The average molecular weight is 345 g/mol. The van der Waals surface area contributed by atoms with Gasteiger partial charge in [-0.25, -0.2) is 9.50 Å². The molecule has 0 bridgehead atoms. The summed E-state index contributed by atoms with van der Waals surface area (Å²) in [5.41, 5.74) is 8.09. The number of rotatable bonds is 4. The van der Waals surface area contributed by atoms with Crippen LogP contribution >= 0.6 is 0 Å². The van der Waals surface area contributed by atoms with Crippen molar-refractivity contribution in [2.75, 3.05) is 0 Å². The van der Waals surface area contributed by atoms with Gasteiger partial charge in [0.25, 0.3) is 5.91 Å².